The van der Waals surface area contributed by atoms with E-state index in [1.54, 1.807) is 0 Å². The van der Waals surface area contributed by atoms with Crippen LogP contribution in [0, 0.1) is 0 Å². The van der Waals surface area contributed by atoms with Crippen LogP contribution in [0.2, 0.25) is 0 Å². The largest absolute Gasteiger partial charge is 0.451 e. The molecule has 0 aromatic heterocycles. The highest BCUT2D eigenvalue weighted by atomic mass is 19.4. The van der Waals surface area contributed by atoms with Gasteiger partial charge in [-0.2, -0.15) is 17.6 Å². The monoisotopic (exact) mass is 238 g/mol. The van der Waals surface area contributed by atoms with Crippen molar-refractivity contribution in [1.29, 1.82) is 0 Å². The highest BCUT2D eigenvalue weighted by Crippen LogP contribution is 2.36. The van der Waals surface area contributed by atoms with E-state index in [9.17, 15) is 22.0 Å². The first kappa shape index (κ1) is 14.5. The third kappa shape index (κ3) is 3.88. The minimum absolute atomic E-state index is 0.0707. The van der Waals surface area contributed by atoms with Crippen LogP contribution in [0.3, 0.4) is 0 Å². The molecule has 0 rings (SSSR count). The molecule has 2 atom stereocenters. The molecule has 0 saturated heterocycles. The minimum Gasteiger partial charge on any atom is -0.333 e. The highest BCUT2D eigenvalue weighted by molar-refractivity contribution is 4.76. The van der Waals surface area contributed by atoms with Crippen molar-refractivity contribution in [3.05, 3.63) is 0 Å². The van der Waals surface area contributed by atoms with Crippen LogP contribution in [0.5, 0.6) is 0 Å². The van der Waals surface area contributed by atoms with E-state index in [2.05, 4.69) is 14.2 Å². The molecule has 2 unspecified atom stereocenters. The lowest BCUT2D eigenvalue weighted by molar-refractivity contribution is -0.415. The van der Waals surface area contributed by atoms with E-state index >= 15 is 0 Å². The Morgan fingerprint density at radius 2 is 1.73 bits per heavy atom. The van der Waals surface area contributed by atoms with Crippen molar-refractivity contribution in [2.75, 3.05) is 20.4 Å². The molecule has 0 aliphatic rings. The summed E-state index contributed by atoms with van der Waals surface area (Å²) < 4.78 is 73.2. The normalized spacial score (nSPS) is 18.6. The molecule has 0 aliphatic heterocycles. The van der Waals surface area contributed by atoms with Gasteiger partial charge in [0.1, 0.15) is 0 Å². The maximum atomic E-state index is 12.9. The average molecular weight is 238 g/mol. The third-order valence-electron chi connectivity index (χ3n) is 1.37. The van der Waals surface area contributed by atoms with Gasteiger partial charge in [0, 0.05) is 13.7 Å². The second-order valence-corrected chi connectivity index (χ2v) is 2.46. The zero-order valence-electron chi connectivity index (χ0n) is 8.11. The zero-order valence-corrected chi connectivity index (χ0v) is 8.11. The Kier molecular flexibility index (Phi) is 5.39. The average Bonchev–Trinajstić information content (AvgIpc) is 2.15. The van der Waals surface area contributed by atoms with Crippen LogP contribution in [-0.2, 0) is 14.2 Å². The van der Waals surface area contributed by atoms with E-state index < -0.39 is 25.2 Å². The first-order valence-corrected chi connectivity index (χ1v) is 3.94. The Bertz CT molecular complexity index is 186. The molecular formula is C7H11F5O3. The maximum absolute atomic E-state index is 12.9. The van der Waals surface area contributed by atoms with Gasteiger partial charge in [-0.1, -0.05) is 0 Å². The van der Waals surface area contributed by atoms with E-state index in [0.717, 1.165) is 7.11 Å². The van der Waals surface area contributed by atoms with Gasteiger partial charge in [-0.25, -0.2) is 4.39 Å². The molecule has 0 spiro atoms. The summed E-state index contributed by atoms with van der Waals surface area (Å²) in [7, 11) is 0.940. The molecule has 0 saturated carbocycles. The van der Waals surface area contributed by atoms with Gasteiger partial charge < -0.3 is 9.47 Å². The lowest BCUT2D eigenvalue weighted by Crippen LogP contribution is -2.48. The summed E-state index contributed by atoms with van der Waals surface area (Å²) in [6.45, 7) is -2.92. The van der Waals surface area contributed by atoms with Gasteiger partial charge in [0.25, 0.3) is 6.48 Å². The van der Waals surface area contributed by atoms with Crippen LogP contribution in [0.1, 0.15) is 6.92 Å². The van der Waals surface area contributed by atoms with Crippen LogP contribution in [0.4, 0.5) is 22.0 Å². The third-order valence-corrected chi connectivity index (χ3v) is 1.37. The Morgan fingerprint density at radius 3 is 2.00 bits per heavy atom. The molecule has 92 valence electrons. The molecule has 0 amide bonds. The zero-order chi connectivity index (χ0) is 12.1. The van der Waals surface area contributed by atoms with Crippen molar-refractivity contribution in [2.45, 2.75) is 25.4 Å². The van der Waals surface area contributed by atoms with Crippen LogP contribution >= 0.6 is 0 Å². The van der Waals surface area contributed by atoms with Gasteiger partial charge in [-0.3, -0.25) is 4.74 Å². The van der Waals surface area contributed by atoms with Gasteiger partial charge in [-0.15, -0.1) is 0 Å². The Labute approximate surface area is 83.1 Å². The molecule has 0 fully saturated rings. The molecule has 0 aliphatic carbocycles. The molecule has 8 heteroatoms. The molecule has 0 radical (unpaired) electrons. The van der Waals surface area contributed by atoms with Gasteiger partial charge in [-0.05, 0) is 6.92 Å². The van der Waals surface area contributed by atoms with Gasteiger partial charge in [0.15, 0.2) is 6.67 Å². The number of alkyl halides is 5. The standard InChI is InChI=1S/C7H11F5O3/c1-3-14-5(13-2)15-6(9,4-8)7(10,11)12/h5H,3-4H2,1-2H3. The SMILES string of the molecule is CCOC(OC)OC(F)(CF)C(F)(F)F. The summed E-state index contributed by atoms with van der Waals surface area (Å²) in [5, 5.41) is 0. The summed E-state index contributed by atoms with van der Waals surface area (Å²) in [4.78, 5) is 0. The van der Waals surface area contributed by atoms with E-state index in [-0.39, 0.29) is 6.61 Å². The Morgan fingerprint density at radius 1 is 1.20 bits per heavy atom. The van der Waals surface area contributed by atoms with Gasteiger partial charge in [0.05, 0.1) is 0 Å². The maximum Gasteiger partial charge on any atom is 0.451 e. The van der Waals surface area contributed by atoms with Crippen LogP contribution in [0.25, 0.3) is 0 Å². The lowest BCUT2D eigenvalue weighted by Gasteiger charge is -2.28. The highest BCUT2D eigenvalue weighted by Gasteiger charge is 2.59. The minimum atomic E-state index is -5.49. The van der Waals surface area contributed by atoms with Crippen molar-refractivity contribution in [3.63, 3.8) is 0 Å². The van der Waals surface area contributed by atoms with Crippen molar-refractivity contribution in [3.8, 4) is 0 Å². The van der Waals surface area contributed by atoms with Gasteiger partial charge in [0.2, 0.25) is 0 Å². The van der Waals surface area contributed by atoms with Crippen LogP contribution in [0.15, 0.2) is 0 Å². The fourth-order valence-electron chi connectivity index (χ4n) is 0.613. The molecule has 15 heavy (non-hydrogen) atoms. The fourth-order valence-corrected chi connectivity index (χ4v) is 0.613. The molecule has 0 heterocycles. The lowest BCUT2D eigenvalue weighted by atomic mass is 10.3. The predicted octanol–water partition coefficient (Wildman–Crippen LogP) is 2.17. The first-order valence-electron chi connectivity index (χ1n) is 3.94. The molecule has 0 N–H and O–H groups in total. The van der Waals surface area contributed by atoms with E-state index in [4.69, 9.17) is 0 Å². The van der Waals surface area contributed by atoms with Crippen LogP contribution < -0.4 is 0 Å². The number of rotatable bonds is 6. The number of methoxy groups -OCH3 is 1. The molecule has 0 aromatic carbocycles. The second-order valence-electron chi connectivity index (χ2n) is 2.46. The summed E-state index contributed by atoms with van der Waals surface area (Å²) in [6.07, 6.45) is -5.49. The van der Waals surface area contributed by atoms with Crippen molar-refractivity contribution >= 4 is 0 Å². The number of ether oxygens (including phenoxy) is 3. The van der Waals surface area contributed by atoms with Crippen LogP contribution in [-0.4, -0.2) is 38.9 Å². The van der Waals surface area contributed by atoms with Crippen molar-refractivity contribution < 1.29 is 36.2 Å². The van der Waals surface area contributed by atoms with Crippen molar-refractivity contribution in [1.82, 2.24) is 0 Å². The molecule has 3 nitrogen and oxygen atoms in total. The Hall–Kier alpha value is -0.470. The quantitative estimate of drug-likeness (QED) is 0.524. The van der Waals surface area contributed by atoms with Gasteiger partial charge >= 0.3 is 12.0 Å². The summed E-state index contributed by atoms with van der Waals surface area (Å²) in [5.74, 6) is -4.41. The second kappa shape index (κ2) is 5.57. The first-order chi connectivity index (χ1) is 6.80. The van der Waals surface area contributed by atoms with E-state index in [1.165, 1.54) is 6.92 Å². The van der Waals surface area contributed by atoms with E-state index in [0.29, 0.717) is 0 Å². The topological polar surface area (TPSA) is 27.7 Å². The predicted molar refractivity (Wildman–Crippen MR) is 39.4 cm³/mol. The van der Waals surface area contributed by atoms with E-state index in [1.807, 2.05) is 0 Å². The molecule has 0 aromatic rings. The summed E-state index contributed by atoms with van der Waals surface area (Å²) in [5.41, 5.74) is 0. The number of hydrogen-bond acceptors (Lipinski definition) is 3. The number of hydrogen-bond donors (Lipinski definition) is 0. The summed E-state index contributed by atoms with van der Waals surface area (Å²) in [6, 6.07) is 0. The summed E-state index contributed by atoms with van der Waals surface area (Å²) >= 11 is 0. The number of halogens is 5. The fraction of sp³-hybridized carbons (Fsp3) is 1.00. The molecular weight excluding hydrogens is 227 g/mol. The smallest absolute Gasteiger partial charge is 0.333 e. The van der Waals surface area contributed by atoms with Crippen molar-refractivity contribution in [2.24, 2.45) is 0 Å². The Balaban J connectivity index is 4.54. The molecule has 0 bridgehead atoms.